The van der Waals surface area contributed by atoms with Crippen molar-refractivity contribution < 1.29 is 4.57 Å². The Labute approximate surface area is 175 Å². The van der Waals surface area contributed by atoms with Gasteiger partial charge in [-0.15, -0.1) is 0 Å². The Balaban J connectivity index is 0.00000117. The summed E-state index contributed by atoms with van der Waals surface area (Å²) in [6.07, 6.45) is 4.46. The molecule has 0 amide bonds. The first-order valence-electron chi connectivity index (χ1n) is 10.6. The maximum Gasteiger partial charge on any atom is 0.212 e. The van der Waals surface area contributed by atoms with Gasteiger partial charge in [-0.1, -0.05) is 26.0 Å². The van der Waals surface area contributed by atoms with Gasteiger partial charge >= 0.3 is 0 Å². The number of nitrogens with zero attached hydrogens (tertiary/aromatic N) is 4. The lowest BCUT2D eigenvalue weighted by Gasteiger charge is -2.28. The summed E-state index contributed by atoms with van der Waals surface area (Å²) in [5, 5.41) is 8.11. The van der Waals surface area contributed by atoms with Crippen molar-refractivity contribution in [3.05, 3.63) is 65.9 Å². The molecule has 0 atom stereocenters. The third kappa shape index (κ3) is 4.26. The van der Waals surface area contributed by atoms with Crippen LogP contribution in [0.5, 0.6) is 0 Å². The fourth-order valence-electron chi connectivity index (χ4n) is 3.99. The van der Waals surface area contributed by atoms with E-state index in [0.717, 1.165) is 24.4 Å². The predicted octanol–water partition coefficient (Wildman–Crippen LogP) is 4.93. The van der Waals surface area contributed by atoms with Gasteiger partial charge in [0.15, 0.2) is 6.20 Å². The molecule has 2 heterocycles. The predicted molar refractivity (Wildman–Crippen MR) is 125 cm³/mol. The molecule has 29 heavy (non-hydrogen) atoms. The third-order valence-corrected chi connectivity index (χ3v) is 5.52. The number of pyridine rings is 1. The van der Waals surface area contributed by atoms with Crippen LogP contribution in [-0.4, -0.2) is 26.4 Å². The number of hydrogen-bond donors (Lipinski definition) is 0. The van der Waals surface area contributed by atoms with Crippen molar-refractivity contribution in [1.29, 1.82) is 0 Å². The van der Waals surface area contributed by atoms with E-state index in [-0.39, 0.29) is 0 Å². The molecule has 1 aliphatic rings. The van der Waals surface area contributed by atoms with Crippen LogP contribution >= 0.6 is 0 Å². The van der Waals surface area contributed by atoms with Gasteiger partial charge in [-0.25, -0.2) is 4.57 Å². The van der Waals surface area contributed by atoms with Crippen LogP contribution in [0.3, 0.4) is 0 Å². The van der Waals surface area contributed by atoms with Gasteiger partial charge < -0.3 is 4.90 Å². The minimum Gasteiger partial charge on any atom is -0.374 e. The number of fused-ring (bicyclic) bond motifs is 2. The quantitative estimate of drug-likeness (QED) is 0.360. The molecule has 1 aliphatic heterocycles. The van der Waals surface area contributed by atoms with Crippen molar-refractivity contribution in [1.82, 2.24) is 0 Å². The Morgan fingerprint density at radius 3 is 2.66 bits per heavy atom. The molecule has 2 aromatic carbocycles. The second-order valence-electron chi connectivity index (χ2n) is 7.40. The Morgan fingerprint density at radius 2 is 1.86 bits per heavy atom. The van der Waals surface area contributed by atoms with E-state index in [9.17, 15) is 0 Å². The second-order valence-corrected chi connectivity index (χ2v) is 7.40. The van der Waals surface area contributed by atoms with Crippen LogP contribution in [0.25, 0.3) is 10.9 Å². The Bertz CT molecular complexity index is 1020. The summed E-state index contributed by atoms with van der Waals surface area (Å²) in [6, 6.07) is 17.3. The van der Waals surface area contributed by atoms with E-state index >= 15 is 0 Å². The number of aryl methyl sites for hydroxylation is 2. The highest BCUT2D eigenvalue weighted by atomic mass is 15.4. The van der Waals surface area contributed by atoms with Gasteiger partial charge in [0.2, 0.25) is 5.52 Å². The highest BCUT2D eigenvalue weighted by Gasteiger charge is 2.15. The summed E-state index contributed by atoms with van der Waals surface area (Å²) < 4.78 is 2.15. The highest BCUT2D eigenvalue weighted by molar-refractivity contribution is 6.08. The first kappa shape index (κ1) is 20.8. The maximum atomic E-state index is 4.89. The molecule has 4 heteroatoms. The monoisotopic (exact) mass is 389 g/mol. The molecule has 0 spiro atoms. The Hall–Kier alpha value is -2.88. The molecule has 0 bridgehead atoms. The van der Waals surface area contributed by atoms with Gasteiger partial charge in [-0.3, -0.25) is 5.01 Å². The lowest BCUT2D eigenvalue weighted by molar-refractivity contribution is -0.644. The van der Waals surface area contributed by atoms with Crippen molar-refractivity contribution in [2.24, 2.45) is 12.1 Å². The largest absolute Gasteiger partial charge is 0.374 e. The fraction of sp³-hybridized carbons (Fsp3) is 0.360. The van der Waals surface area contributed by atoms with Crippen LogP contribution in [0.2, 0.25) is 0 Å². The number of para-hydroxylation sites is 1. The van der Waals surface area contributed by atoms with Crippen LogP contribution < -0.4 is 14.5 Å². The zero-order valence-electron chi connectivity index (χ0n) is 18.6. The van der Waals surface area contributed by atoms with E-state index in [1.807, 2.05) is 25.9 Å². The normalized spacial score (nSPS) is 13.6. The number of benzene rings is 2. The smallest absolute Gasteiger partial charge is 0.212 e. The van der Waals surface area contributed by atoms with Crippen LogP contribution in [0.1, 0.15) is 38.3 Å². The average molecular weight is 390 g/mol. The van der Waals surface area contributed by atoms with Crippen molar-refractivity contribution in [2.45, 2.75) is 33.6 Å². The number of rotatable bonds is 3. The maximum absolute atomic E-state index is 4.89. The summed E-state index contributed by atoms with van der Waals surface area (Å²) in [7, 11) is 6.28. The van der Waals surface area contributed by atoms with Crippen LogP contribution in [0.15, 0.2) is 59.8 Å². The molecular weight excluding hydrogens is 356 g/mol. The minimum absolute atomic E-state index is 1.02. The van der Waals surface area contributed by atoms with E-state index in [0.29, 0.717) is 0 Å². The van der Waals surface area contributed by atoms with Gasteiger partial charge in [0, 0.05) is 44.0 Å². The van der Waals surface area contributed by atoms with Crippen LogP contribution in [-0.2, 0) is 13.5 Å². The van der Waals surface area contributed by atoms with Crippen LogP contribution in [0, 0.1) is 0 Å². The first-order valence-corrected chi connectivity index (χ1v) is 10.6. The molecular formula is C25H33N4+. The number of hydrazone groups is 1. The minimum atomic E-state index is 1.02. The van der Waals surface area contributed by atoms with Gasteiger partial charge in [-0.2, -0.15) is 5.10 Å². The lowest BCUT2D eigenvalue weighted by atomic mass is 10.0. The topological polar surface area (TPSA) is 22.7 Å². The first-order chi connectivity index (χ1) is 14.0. The summed E-state index contributed by atoms with van der Waals surface area (Å²) in [4.78, 5) is 2.34. The second kappa shape index (κ2) is 9.08. The fourth-order valence-corrected chi connectivity index (χ4v) is 3.99. The standard InChI is InChI=1S/C23H27N4.C2H6/c1-17(20-13-15-26(3)23-10-6-5-9-21(20)23)24-27(4)19-11-12-22-18(16-19)8-7-14-25(22)2;1-2/h5-6,9-13,15-16H,7-8,14H2,1-4H3;1-2H3/q+1;. The average Bonchev–Trinajstić information content (AvgIpc) is 2.75. The molecule has 1 aromatic heterocycles. The van der Waals surface area contributed by atoms with E-state index in [1.165, 1.54) is 34.1 Å². The van der Waals surface area contributed by atoms with E-state index in [1.54, 1.807) is 0 Å². The summed E-state index contributed by atoms with van der Waals surface area (Å²) in [5.74, 6) is 0. The Kier molecular flexibility index (Phi) is 6.53. The van der Waals surface area contributed by atoms with Gasteiger partial charge in [-0.05, 0) is 49.6 Å². The van der Waals surface area contributed by atoms with Crippen molar-refractivity contribution >= 4 is 28.0 Å². The third-order valence-electron chi connectivity index (χ3n) is 5.52. The molecule has 0 N–H and O–H groups in total. The van der Waals surface area contributed by atoms with E-state index in [2.05, 4.69) is 85.2 Å². The van der Waals surface area contributed by atoms with Gasteiger partial charge in [0.05, 0.1) is 16.8 Å². The molecule has 0 unspecified atom stereocenters. The summed E-state index contributed by atoms with van der Waals surface area (Å²) in [5.41, 5.74) is 7.30. The van der Waals surface area contributed by atoms with Crippen molar-refractivity contribution in [3.8, 4) is 0 Å². The van der Waals surface area contributed by atoms with Gasteiger partial charge in [0.25, 0.3) is 0 Å². The molecule has 4 nitrogen and oxygen atoms in total. The highest BCUT2D eigenvalue weighted by Crippen LogP contribution is 2.30. The molecule has 0 aliphatic carbocycles. The molecule has 152 valence electrons. The zero-order chi connectivity index (χ0) is 21.0. The molecule has 0 saturated heterocycles. The van der Waals surface area contributed by atoms with E-state index in [4.69, 9.17) is 5.10 Å². The molecule has 0 saturated carbocycles. The van der Waals surface area contributed by atoms with Gasteiger partial charge in [0.1, 0.15) is 7.05 Å². The van der Waals surface area contributed by atoms with Crippen molar-refractivity contribution in [2.75, 3.05) is 30.5 Å². The molecule has 0 fully saturated rings. The number of aromatic nitrogens is 1. The van der Waals surface area contributed by atoms with Crippen molar-refractivity contribution in [3.63, 3.8) is 0 Å². The SMILES string of the molecule is C/C(=N\N(C)c1ccc2c(c1)CCCN2C)c1cc[n+](C)c2ccccc12.CC. The van der Waals surface area contributed by atoms with E-state index < -0.39 is 0 Å². The molecule has 0 radical (unpaired) electrons. The number of hydrogen-bond acceptors (Lipinski definition) is 3. The summed E-state index contributed by atoms with van der Waals surface area (Å²) >= 11 is 0. The Morgan fingerprint density at radius 1 is 1.10 bits per heavy atom. The van der Waals surface area contributed by atoms with Crippen LogP contribution in [0.4, 0.5) is 11.4 Å². The molecule has 3 aromatic rings. The number of anilines is 2. The lowest BCUT2D eigenvalue weighted by Crippen LogP contribution is -2.29. The zero-order valence-corrected chi connectivity index (χ0v) is 18.6. The molecule has 4 rings (SSSR count). The summed E-state index contributed by atoms with van der Waals surface area (Å²) in [6.45, 7) is 7.22.